The number of carbonyl (C=O) groups excluding carboxylic acids is 3. The maximum absolute atomic E-state index is 12.9. The van der Waals surface area contributed by atoms with Gasteiger partial charge >= 0.3 is 25.7 Å². The second kappa shape index (κ2) is 55.4. The van der Waals surface area contributed by atoms with Crippen molar-refractivity contribution in [1.29, 1.82) is 0 Å². The van der Waals surface area contributed by atoms with E-state index >= 15 is 0 Å². The van der Waals surface area contributed by atoms with E-state index in [2.05, 4.69) is 112 Å². The molecule has 0 aromatic heterocycles. The summed E-state index contributed by atoms with van der Waals surface area (Å²) in [4.78, 5) is 48.5. The first kappa shape index (κ1) is 70.1. The minimum atomic E-state index is -4.77. The van der Waals surface area contributed by atoms with Crippen LogP contribution in [0, 0.1) is 0 Å². The molecule has 0 radical (unpaired) electrons. The summed E-state index contributed by atoms with van der Waals surface area (Å²) in [5, 5.41) is 9.81. The molecule has 0 fully saturated rings. The zero-order valence-electron chi connectivity index (χ0n) is 46.5. The third kappa shape index (κ3) is 53.0. The third-order valence-corrected chi connectivity index (χ3v) is 12.7. The second-order valence-electron chi connectivity index (χ2n) is 18.7. The highest BCUT2D eigenvalue weighted by molar-refractivity contribution is 7.47. The summed E-state index contributed by atoms with van der Waals surface area (Å²) in [5.41, 5.74) is 0. The molecule has 0 heterocycles. The summed E-state index contributed by atoms with van der Waals surface area (Å²) in [6.45, 7) is 4.29. The van der Waals surface area contributed by atoms with Crippen LogP contribution < -0.4 is 0 Å². The standard InChI is InChI=1S/C62H103O11P/c1-4-7-10-13-16-19-22-25-27-28-29-30-32-35-38-41-44-47-50-53-62(66)73-59(55-69-60(64)51-48-45-42-39-36-34-31-26-23-20-17-14-11-8-5-2)57-71-74(67,68)70-56-58(54-63)72-61(65)52-49-46-43-40-37-33-24-21-18-15-12-9-6-3/h7-8,10-11,16-17,19-20,25-27,29-31,36,39,45,48,58-59,63H,4-6,9,12-15,18,21-24,28,32-35,37-38,40-44,46-47,49-57H2,1-3H3,(H,67,68)/b10-7-,11-8-,19-16-,20-17-,27-25-,30-29-,31-26-,39-36-,48-45-. The van der Waals surface area contributed by atoms with Crippen molar-refractivity contribution in [2.45, 2.75) is 238 Å². The van der Waals surface area contributed by atoms with Crippen molar-refractivity contribution in [2.24, 2.45) is 0 Å². The lowest BCUT2D eigenvalue weighted by Crippen LogP contribution is -2.30. The van der Waals surface area contributed by atoms with Crippen LogP contribution in [0.1, 0.15) is 226 Å². The number of hydrogen-bond acceptors (Lipinski definition) is 10. The Balaban J connectivity index is 4.86. The maximum atomic E-state index is 12.9. The SMILES string of the molecule is CC/C=C\C/C=C\C/C=C\C/C=C\C/C=C\CC(=O)OCC(COP(=O)(O)OCC(CO)OC(=O)CCCCCCCCCCCCCCC)OC(=O)CCCCCCCC/C=C\C/C=C\C/C=C\C/C=C\CC. The molecular weight excluding hydrogens is 952 g/mol. The minimum Gasteiger partial charge on any atom is -0.461 e. The lowest BCUT2D eigenvalue weighted by atomic mass is 10.0. The molecule has 0 saturated carbocycles. The summed E-state index contributed by atoms with van der Waals surface area (Å²) in [5.74, 6) is -1.64. The van der Waals surface area contributed by atoms with E-state index in [1.54, 1.807) is 6.08 Å². The number of esters is 3. The molecule has 12 heteroatoms. The van der Waals surface area contributed by atoms with Crippen molar-refractivity contribution in [3.63, 3.8) is 0 Å². The molecule has 0 spiro atoms. The number of unbranched alkanes of at least 4 members (excludes halogenated alkanes) is 18. The predicted molar refractivity (Wildman–Crippen MR) is 307 cm³/mol. The van der Waals surface area contributed by atoms with Crippen molar-refractivity contribution in [3.8, 4) is 0 Å². The molecule has 74 heavy (non-hydrogen) atoms. The second-order valence-corrected chi connectivity index (χ2v) is 20.2. The molecular formula is C62H103O11P. The van der Waals surface area contributed by atoms with Crippen LogP contribution in [-0.2, 0) is 42.2 Å². The summed E-state index contributed by atoms with van der Waals surface area (Å²) in [7, 11) is -4.77. The van der Waals surface area contributed by atoms with E-state index in [1.165, 1.54) is 57.8 Å². The van der Waals surface area contributed by atoms with Gasteiger partial charge in [0, 0.05) is 12.8 Å². The van der Waals surface area contributed by atoms with Crippen LogP contribution in [0.2, 0.25) is 0 Å². The summed E-state index contributed by atoms with van der Waals surface area (Å²) in [6.07, 6.45) is 66.5. The first-order valence-electron chi connectivity index (χ1n) is 28.8. The Morgan fingerprint density at radius 2 is 0.743 bits per heavy atom. The van der Waals surface area contributed by atoms with E-state index in [1.807, 2.05) is 12.2 Å². The monoisotopic (exact) mass is 1050 g/mol. The lowest BCUT2D eigenvalue weighted by molar-refractivity contribution is -0.161. The summed E-state index contributed by atoms with van der Waals surface area (Å²) >= 11 is 0. The lowest BCUT2D eigenvalue weighted by Gasteiger charge is -2.21. The van der Waals surface area contributed by atoms with Gasteiger partial charge in [-0.2, -0.15) is 0 Å². The average Bonchev–Trinajstić information content (AvgIpc) is 3.39. The Labute approximate surface area is 450 Å². The number of carbonyl (C=O) groups is 3. The van der Waals surface area contributed by atoms with Gasteiger partial charge in [0.05, 0.1) is 26.2 Å². The topological polar surface area (TPSA) is 155 Å². The van der Waals surface area contributed by atoms with E-state index in [0.717, 1.165) is 109 Å². The van der Waals surface area contributed by atoms with Crippen LogP contribution in [0.25, 0.3) is 0 Å². The van der Waals surface area contributed by atoms with Crippen molar-refractivity contribution in [2.75, 3.05) is 26.4 Å². The first-order chi connectivity index (χ1) is 36.2. The normalized spacial score (nSPS) is 14.2. The van der Waals surface area contributed by atoms with Crippen LogP contribution in [0.4, 0.5) is 0 Å². The number of phosphoric acid groups is 1. The molecule has 3 unspecified atom stereocenters. The van der Waals surface area contributed by atoms with Crippen molar-refractivity contribution in [3.05, 3.63) is 109 Å². The van der Waals surface area contributed by atoms with Gasteiger partial charge in [-0.15, -0.1) is 0 Å². The Morgan fingerprint density at radius 3 is 1.15 bits per heavy atom. The fraction of sp³-hybridized carbons (Fsp3) is 0.661. The zero-order valence-corrected chi connectivity index (χ0v) is 47.4. The fourth-order valence-corrected chi connectivity index (χ4v) is 8.20. The zero-order chi connectivity index (χ0) is 54.1. The highest BCUT2D eigenvalue weighted by atomic mass is 31.2. The van der Waals surface area contributed by atoms with Crippen molar-refractivity contribution < 1.29 is 52.2 Å². The average molecular weight is 1060 g/mol. The molecule has 0 aliphatic rings. The molecule has 0 aliphatic heterocycles. The van der Waals surface area contributed by atoms with E-state index in [9.17, 15) is 28.9 Å². The van der Waals surface area contributed by atoms with Gasteiger partial charge in [0.1, 0.15) is 12.7 Å². The molecule has 0 aliphatic carbocycles. The molecule has 3 atom stereocenters. The third-order valence-electron chi connectivity index (χ3n) is 11.7. The molecule has 0 rings (SSSR count). The minimum absolute atomic E-state index is 0.0132. The molecule has 2 N–H and O–H groups in total. The van der Waals surface area contributed by atoms with E-state index in [4.69, 9.17) is 23.3 Å². The van der Waals surface area contributed by atoms with Crippen LogP contribution in [0.3, 0.4) is 0 Å². The number of phosphoric ester groups is 1. The summed E-state index contributed by atoms with van der Waals surface area (Å²) < 4.78 is 39.4. The van der Waals surface area contributed by atoms with Crippen LogP contribution >= 0.6 is 7.82 Å². The van der Waals surface area contributed by atoms with Gasteiger partial charge < -0.3 is 24.2 Å². The molecule has 0 amide bonds. The Bertz CT molecular complexity index is 1660. The van der Waals surface area contributed by atoms with E-state index in [0.29, 0.717) is 19.3 Å². The van der Waals surface area contributed by atoms with Crippen LogP contribution in [0.15, 0.2) is 109 Å². The van der Waals surface area contributed by atoms with Gasteiger partial charge in [-0.1, -0.05) is 233 Å². The smallest absolute Gasteiger partial charge is 0.461 e. The van der Waals surface area contributed by atoms with Crippen LogP contribution in [-0.4, -0.2) is 66.5 Å². The Hall–Kier alpha value is -3.86. The number of hydrogen-bond donors (Lipinski definition) is 2. The number of aliphatic hydroxyl groups excluding tert-OH is 1. The quantitative estimate of drug-likeness (QED) is 0.0197. The maximum Gasteiger partial charge on any atom is 0.472 e. The van der Waals surface area contributed by atoms with Gasteiger partial charge in [0.15, 0.2) is 6.10 Å². The number of ether oxygens (including phenoxy) is 3. The molecule has 11 nitrogen and oxygen atoms in total. The largest absolute Gasteiger partial charge is 0.472 e. The van der Waals surface area contributed by atoms with Gasteiger partial charge in [-0.05, 0) is 83.5 Å². The predicted octanol–water partition coefficient (Wildman–Crippen LogP) is 17.0. The van der Waals surface area contributed by atoms with Gasteiger partial charge in [0.2, 0.25) is 0 Å². The molecule has 0 aromatic rings. The molecule has 0 bridgehead atoms. The highest BCUT2D eigenvalue weighted by Gasteiger charge is 2.28. The van der Waals surface area contributed by atoms with Crippen LogP contribution in [0.5, 0.6) is 0 Å². The number of aliphatic hydroxyl groups is 1. The van der Waals surface area contributed by atoms with Gasteiger partial charge in [-0.3, -0.25) is 23.4 Å². The van der Waals surface area contributed by atoms with Gasteiger partial charge in [-0.25, -0.2) is 4.57 Å². The Kier molecular flexibility index (Phi) is 52.5. The Morgan fingerprint density at radius 1 is 0.405 bits per heavy atom. The van der Waals surface area contributed by atoms with E-state index in [-0.39, 0.29) is 19.3 Å². The molecule has 0 saturated heterocycles. The summed E-state index contributed by atoms with van der Waals surface area (Å²) in [6, 6.07) is 0. The highest BCUT2D eigenvalue weighted by Crippen LogP contribution is 2.43. The van der Waals surface area contributed by atoms with E-state index < -0.39 is 64.4 Å². The molecule has 422 valence electrons. The van der Waals surface area contributed by atoms with Crippen molar-refractivity contribution >= 4 is 25.7 Å². The number of rotatable bonds is 52. The molecule has 0 aromatic carbocycles. The van der Waals surface area contributed by atoms with Gasteiger partial charge in [0.25, 0.3) is 0 Å². The number of allylic oxidation sites excluding steroid dienone is 17. The first-order valence-corrected chi connectivity index (χ1v) is 30.3. The van der Waals surface area contributed by atoms with Crippen molar-refractivity contribution in [1.82, 2.24) is 0 Å². The fourth-order valence-electron chi connectivity index (χ4n) is 7.42.